The molecule has 0 bridgehead atoms. The minimum atomic E-state index is -1.10. The molecule has 8 nitrogen and oxygen atoms in total. The van der Waals surface area contributed by atoms with Gasteiger partial charge in [-0.05, 0) is 51.5 Å². The van der Waals surface area contributed by atoms with Gasteiger partial charge in [-0.1, -0.05) is 55.0 Å². The maximum absolute atomic E-state index is 12.4. The van der Waals surface area contributed by atoms with Crippen LogP contribution in [0, 0.1) is 5.92 Å². The first-order valence-electron chi connectivity index (χ1n) is 12.0. The molecule has 4 N–H and O–H groups in total. The van der Waals surface area contributed by atoms with E-state index in [4.69, 9.17) is 15.2 Å². The minimum Gasteiger partial charge on any atom is -0.454 e. The van der Waals surface area contributed by atoms with Crippen molar-refractivity contribution in [1.82, 2.24) is 0 Å². The molecule has 0 saturated heterocycles. The Balaban J connectivity index is 3.09. The molecule has 5 atom stereocenters. The van der Waals surface area contributed by atoms with Crippen LogP contribution in [0.25, 0.3) is 0 Å². The van der Waals surface area contributed by atoms with E-state index in [1.165, 1.54) is 18.2 Å². The highest BCUT2D eigenvalue weighted by Crippen LogP contribution is 2.19. The highest BCUT2D eigenvalue weighted by molar-refractivity contribution is 5.82. The zero-order valence-corrected chi connectivity index (χ0v) is 20.8. The van der Waals surface area contributed by atoms with Crippen molar-refractivity contribution >= 4 is 18.3 Å². The fourth-order valence-corrected chi connectivity index (χ4v) is 3.52. The van der Waals surface area contributed by atoms with Crippen molar-refractivity contribution in [1.29, 1.82) is 0 Å². The van der Waals surface area contributed by atoms with Crippen LogP contribution in [0.15, 0.2) is 59.8 Å². The van der Waals surface area contributed by atoms with E-state index < -0.39 is 36.5 Å². The summed E-state index contributed by atoms with van der Waals surface area (Å²) in [5.41, 5.74) is 6.89. The third kappa shape index (κ3) is 13.5. The number of ether oxygens (including phenoxy) is 2. The molecule has 0 saturated carbocycles. The number of primary amides is 1. The zero-order valence-electron chi connectivity index (χ0n) is 20.8. The van der Waals surface area contributed by atoms with Gasteiger partial charge >= 0.3 is 12.1 Å². The van der Waals surface area contributed by atoms with Gasteiger partial charge in [0.05, 0.1) is 6.10 Å². The molecule has 1 amide bonds. The first-order chi connectivity index (χ1) is 16.6. The molecule has 0 aromatic heterocycles. The van der Waals surface area contributed by atoms with Crippen molar-refractivity contribution in [3.63, 3.8) is 0 Å². The number of amides is 1. The van der Waals surface area contributed by atoms with Crippen molar-refractivity contribution in [3.05, 3.63) is 59.8 Å². The Labute approximate surface area is 207 Å². The molecule has 1 aliphatic heterocycles. The number of carbonyl (C=O) groups is 3. The van der Waals surface area contributed by atoms with Crippen LogP contribution in [0.5, 0.6) is 0 Å². The average molecular weight is 490 g/mol. The Morgan fingerprint density at radius 3 is 2.66 bits per heavy atom. The van der Waals surface area contributed by atoms with E-state index >= 15 is 0 Å². The Kier molecular flexibility index (Phi) is 14.3. The van der Waals surface area contributed by atoms with Crippen molar-refractivity contribution in [2.45, 2.75) is 83.7 Å². The smallest absolute Gasteiger partial charge is 0.404 e. The Morgan fingerprint density at radius 1 is 1.23 bits per heavy atom. The summed E-state index contributed by atoms with van der Waals surface area (Å²) in [5, 5.41) is 20.5. The molecular formula is C27H39NO7. The third-order valence-electron chi connectivity index (χ3n) is 5.45. The summed E-state index contributed by atoms with van der Waals surface area (Å²) in [7, 11) is 0. The van der Waals surface area contributed by atoms with Crippen LogP contribution in [-0.2, 0) is 19.1 Å². The number of aliphatic hydroxyl groups excluding tert-OH is 2. The van der Waals surface area contributed by atoms with Gasteiger partial charge in [0.25, 0.3) is 0 Å². The van der Waals surface area contributed by atoms with Crippen molar-refractivity contribution in [2.75, 3.05) is 0 Å². The predicted octanol–water partition coefficient (Wildman–Crippen LogP) is 3.83. The normalized spacial score (nSPS) is 26.8. The van der Waals surface area contributed by atoms with Crippen LogP contribution in [0.4, 0.5) is 4.79 Å². The molecule has 8 heteroatoms. The molecule has 0 fully saturated rings. The second kappa shape index (κ2) is 16.6. The largest absolute Gasteiger partial charge is 0.454 e. The van der Waals surface area contributed by atoms with Crippen molar-refractivity contribution in [3.8, 4) is 0 Å². The number of carbonyl (C=O) groups excluding carboxylic acids is 3. The lowest BCUT2D eigenvalue weighted by atomic mass is 9.99. The average Bonchev–Trinajstić information content (AvgIpc) is 2.79. The summed E-state index contributed by atoms with van der Waals surface area (Å²) in [4.78, 5) is 34.7. The molecular weight excluding hydrogens is 450 g/mol. The molecule has 1 aliphatic rings. The first kappa shape index (κ1) is 30.1. The van der Waals surface area contributed by atoms with Crippen molar-refractivity contribution < 1.29 is 34.1 Å². The minimum absolute atomic E-state index is 0.291. The molecule has 1 rings (SSSR count). The van der Waals surface area contributed by atoms with E-state index in [1.807, 2.05) is 32.1 Å². The molecule has 194 valence electrons. The van der Waals surface area contributed by atoms with E-state index in [0.717, 1.165) is 17.4 Å². The number of esters is 1. The fourth-order valence-electron chi connectivity index (χ4n) is 3.52. The number of cyclic esters (lactones) is 1. The third-order valence-corrected chi connectivity index (χ3v) is 5.45. The molecule has 5 unspecified atom stereocenters. The van der Waals surface area contributed by atoms with Crippen LogP contribution in [-0.4, -0.2) is 53.0 Å². The number of hydrogen-bond acceptors (Lipinski definition) is 7. The molecule has 1 heterocycles. The van der Waals surface area contributed by atoms with Gasteiger partial charge in [0.2, 0.25) is 0 Å². The fraction of sp³-hybridized carbons (Fsp3) is 0.519. The SMILES string of the molecule is CC1=CC=CCCC(OC(N)=O)C(O)C=CC(O)CCCC=CC(=O)OC(C(C)=CC(C)C=O)C1. The van der Waals surface area contributed by atoms with Crippen LogP contribution < -0.4 is 5.73 Å². The van der Waals surface area contributed by atoms with Crippen LogP contribution in [0.2, 0.25) is 0 Å². The topological polar surface area (TPSA) is 136 Å². The lowest BCUT2D eigenvalue weighted by molar-refractivity contribution is -0.141. The molecule has 0 radical (unpaired) electrons. The number of aldehydes is 1. The Morgan fingerprint density at radius 2 is 1.97 bits per heavy atom. The summed E-state index contributed by atoms with van der Waals surface area (Å²) in [6, 6.07) is 0. The van der Waals surface area contributed by atoms with Gasteiger partial charge in [-0.2, -0.15) is 0 Å². The summed E-state index contributed by atoms with van der Waals surface area (Å²) < 4.78 is 10.7. The molecule has 35 heavy (non-hydrogen) atoms. The van der Waals surface area contributed by atoms with Gasteiger partial charge in [0, 0.05) is 18.4 Å². The van der Waals surface area contributed by atoms with Gasteiger partial charge < -0.3 is 30.2 Å². The number of hydrogen-bond donors (Lipinski definition) is 3. The van der Waals surface area contributed by atoms with Gasteiger partial charge in [-0.3, -0.25) is 0 Å². The highest BCUT2D eigenvalue weighted by Gasteiger charge is 2.20. The number of nitrogens with two attached hydrogens (primary N) is 1. The quantitative estimate of drug-likeness (QED) is 0.310. The molecule has 0 aromatic rings. The monoisotopic (exact) mass is 489 g/mol. The van der Waals surface area contributed by atoms with E-state index in [1.54, 1.807) is 19.1 Å². The standard InChI is InChI=1S/C27H39NO7/c1-19-10-6-4-8-12-24(35-27(28)33)23(31)15-14-22(30)11-7-5-9-13-26(32)34-25(17-19)21(3)16-20(2)18-29/h4,6,9-10,13-16,18,20,22-25,30-31H,5,7-8,11-12,17H2,1-3H3,(H2,28,33). The second-order valence-corrected chi connectivity index (χ2v) is 8.81. The molecule has 0 aromatic carbocycles. The highest BCUT2D eigenvalue weighted by atomic mass is 16.6. The van der Waals surface area contributed by atoms with E-state index in [-0.39, 0.29) is 5.92 Å². The van der Waals surface area contributed by atoms with E-state index in [9.17, 15) is 24.6 Å². The summed E-state index contributed by atoms with van der Waals surface area (Å²) in [5.74, 6) is -0.760. The second-order valence-electron chi connectivity index (χ2n) is 8.81. The lowest BCUT2D eigenvalue weighted by Crippen LogP contribution is -2.32. The first-order valence-corrected chi connectivity index (χ1v) is 12.0. The number of rotatable bonds is 4. The molecule has 0 aliphatic carbocycles. The predicted molar refractivity (Wildman–Crippen MR) is 134 cm³/mol. The van der Waals surface area contributed by atoms with Crippen LogP contribution in [0.1, 0.15) is 59.3 Å². The number of allylic oxidation sites excluding steroid dienone is 5. The van der Waals surface area contributed by atoms with Gasteiger partial charge in [0.1, 0.15) is 24.6 Å². The van der Waals surface area contributed by atoms with Crippen LogP contribution in [0.3, 0.4) is 0 Å². The Hall–Kier alpha value is -2.97. The molecule has 0 spiro atoms. The summed E-state index contributed by atoms with van der Waals surface area (Å²) >= 11 is 0. The maximum atomic E-state index is 12.4. The van der Waals surface area contributed by atoms with Crippen molar-refractivity contribution in [2.24, 2.45) is 11.7 Å². The lowest BCUT2D eigenvalue weighted by Gasteiger charge is -2.20. The van der Waals surface area contributed by atoms with Crippen LogP contribution >= 0.6 is 0 Å². The maximum Gasteiger partial charge on any atom is 0.404 e. The Bertz CT molecular complexity index is 840. The summed E-state index contributed by atoms with van der Waals surface area (Å²) in [6.45, 7) is 5.52. The van der Waals surface area contributed by atoms with E-state index in [0.29, 0.717) is 38.5 Å². The van der Waals surface area contributed by atoms with Gasteiger partial charge in [-0.25, -0.2) is 9.59 Å². The zero-order chi connectivity index (χ0) is 26.2. The summed E-state index contributed by atoms with van der Waals surface area (Å²) in [6.07, 6.45) is 12.8. The van der Waals surface area contributed by atoms with Gasteiger partial charge in [-0.15, -0.1) is 0 Å². The number of aliphatic hydroxyl groups is 2. The van der Waals surface area contributed by atoms with E-state index in [2.05, 4.69) is 0 Å². The van der Waals surface area contributed by atoms with Gasteiger partial charge in [0.15, 0.2) is 0 Å².